The van der Waals surface area contributed by atoms with Gasteiger partial charge < -0.3 is 11.5 Å². The van der Waals surface area contributed by atoms with Crippen molar-refractivity contribution in [2.24, 2.45) is 0 Å². The van der Waals surface area contributed by atoms with Crippen LogP contribution in [-0.4, -0.2) is 0 Å². The third-order valence-electron chi connectivity index (χ3n) is 8.54. The van der Waals surface area contributed by atoms with E-state index < -0.39 is 0 Å². The normalized spacial score (nSPS) is 12.7. The van der Waals surface area contributed by atoms with Gasteiger partial charge in [-0.3, -0.25) is 0 Å². The van der Waals surface area contributed by atoms with Crippen molar-refractivity contribution in [2.45, 2.75) is 96.3 Å². The maximum Gasteiger partial charge on any atom is 0.0314 e. The standard InChI is InChI=1S/C39H50N2/c1-3-5-7-9-11-38(34-21-25-36(40)26-22-34)32-17-13-30(14-18-32)29-31-15-19-33(20-16-31)39(12-10-8-6-4-2)35-23-27-37(41)28-24-35/h13-28,38-39H,3-12,29,40-41H2,1-2H3. The Bertz CT molecular complexity index is 1170. The highest BCUT2D eigenvalue weighted by Crippen LogP contribution is 2.33. The van der Waals surface area contributed by atoms with E-state index in [0.717, 1.165) is 17.8 Å². The molecular weight excluding hydrogens is 496 g/mol. The molecule has 2 nitrogen and oxygen atoms in total. The van der Waals surface area contributed by atoms with Crippen LogP contribution in [0.4, 0.5) is 11.4 Å². The average molecular weight is 547 g/mol. The minimum absolute atomic E-state index is 0.420. The van der Waals surface area contributed by atoms with Gasteiger partial charge in [0, 0.05) is 23.2 Å². The van der Waals surface area contributed by atoms with E-state index in [-0.39, 0.29) is 0 Å². The highest BCUT2D eigenvalue weighted by Gasteiger charge is 2.16. The molecule has 0 bridgehead atoms. The summed E-state index contributed by atoms with van der Waals surface area (Å²) in [5.74, 6) is 0.840. The Hall–Kier alpha value is -3.52. The predicted octanol–water partition coefficient (Wildman–Crippen LogP) is 10.6. The van der Waals surface area contributed by atoms with Crippen LogP contribution in [0.1, 0.15) is 123 Å². The molecule has 4 aromatic rings. The molecule has 2 atom stereocenters. The fourth-order valence-corrected chi connectivity index (χ4v) is 6.03. The van der Waals surface area contributed by atoms with Gasteiger partial charge in [0.1, 0.15) is 0 Å². The Labute approximate surface area is 249 Å². The highest BCUT2D eigenvalue weighted by atomic mass is 14.5. The molecule has 0 aliphatic heterocycles. The number of hydrogen-bond acceptors (Lipinski definition) is 2. The summed E-state index contributed by atoms with van der Waals surface area (Å²) >= 11 is 0. The monoisotopic (exact) mass is 546 g/mol. The topological polar surface area (TPSA) is 52.0 Å². The molecule has 0 aromatic heterocycles. The van der Waals surface area contributed by atoms with E-state index in [1.165, 1.54) is 97.6 Å². The van der Waals surface area contributed by atoms with Gasteiger partial charge in [0.25, 0.3) is 0 Å². The molecule has 0 fully saturated rings. The predicted molar refractivity (Wildman–Crippen MR) is 179 cm³/mol. The molecule has 0 radical (unpaired) electrons. The zero-order valence-corrected chi connectivity index (χ0v) is 25.3. The summed E-state index contributed by atoms with van der Waals surface area (Å²) in [6, 6.07) is 35.6. The first kappa shape index (κ1) is 30.4. The van der Waals surface area contributed by atoms with Gasteiger partial charge in [-0.1, -0.05) is 138 Å². The highest BCUT2D eigenvalue weighted by molar-refractivity contribution is 5.45. The van der Waals surface area contributed by atoms with Crippen LogP contribution in [0.5, 0.6) is 0 Å². The van der Waals surface area contributed by atoms with Crippen LogP contribution in [0.15, 0.2) is 97.1 Å². The van der Waals surface area contributed by atoms with Crippen LogP contribution in [0.25, 0.3) is 0 Å². The van der Waals surface area contributed by atoms with E-state index in [0.29, 0.717) is 11.8 Å². The minimum atomic E-state index is 0.420. The molecule has 41 heavy (non-hydrogen) atoms. The third kappa shape index (κ3) is 9.25. The summed E-state index contributed by atoms with van der Waals surface area (Å²) in [5.41, 5.74) is 21.9. The molecule has 0 saturated carbocycles. The third-order valence-corrected chi connectivity index (χ3v) is 8.54. The minimum Gasteiger partial charge on any atom is -0.399 e. The van der Waals surface area contributed by atoms with Crippen molar-refractivity contribution in [3.05, 3.63) is 130 Å². The fourth-order valence-electron chi connectivity index (χ4n) is 6.03. The lowest BCUT2D eigenvalue weighted by Gasteiger charge is -2.19. The van der Waals surface area contributed by atoms with E-state index in [2.05, 4.69) is 86.6 Å². The Kier molecular flexibility index (Phi) is 11.9. The lowest BCUT2D eigenvalue weighted by atomic mass is 9.85. The molecule has 4 rings (SSSR count). The molecule has 4 aromatic carbocycles. The first-order chi connectivity index (χ1) is 20.1. The van der Waals surface area contributed by atoms with Crippen LogP contribution in [0.2, 0.25) is 0 Å². The SMILES string of the molecule is CCCCCCC(c1ccc(N)cc1)c1ccc(Cc2ccc(C(CCCCCC)c3ccc(N)cc3)cc2)cc1. The molecule has 2 unspecified atom stereocenters. The molecular formula is C39H50N2. The van der Waals surface area contributed by atoms with Gasteiger partial charge in [-0.2, -0.15) is 0 Å². The first-order valence-corrected chi connectivity index (χ1v) is 16.0. The Morgan fingerprint density at radius 3 is 1.05 bits per heavy atom. The van der Waals surface area contributed by atoms with Gasteiger partial charge in [-0.15, -0.1) is 0 Å². The Morgan fingerprint density at radius 2 is 0.732 bits per heavy atom. The molecule has 0 aliphatic rings. The second-order valence-corrected chi connectivity index (χ2v) is 11.8. The number of rotatable bonds is 16. The van der Waals surface area contributed by atoms with Gasteiger partial charge in [0.15, 0.2) is 0 Å². The fraction of sp³-hybridized carbons (Fsp3) is 0.385. The first-order valence-electron chi connectivity index (χ1n) is 16.0. The van der Waals surface area contributed by atoms with E-state index >= 15 is 0 Å². The van der Waals surface area contributed by atoms with E-state index in [4.69, 9.17) is 11.5 Å². The smallest absolute Gasteiger partial charge is 0.0314 e. The van der Waals surface area contributed by atoms with Crippen molar-refractivity contribution in [1.82, 2.24) is 0 Å². The zero-order valence-electron chi connectivity index (χ0n) is 25.3. The summed E-state index contributed by atoms with van der Waals surface area (Å²) in [7, 11) is 0. The van der Waals surface area contributed by atoms with Gasteiger partial charge in [-0.05, 0) is 76.9 Å². The summed E-state index contributed by atoms with van der Waals surface area (Å²) in [4.78, 5) is 0. The maximum absolute atomic E-state index is 5.99. The number of nitrogens with two attached hydrogens (primary N) is 2. The molecule has 2 heteroatoms. The lowest BCUT2D eigenvalue weighted by molar-refractivity contribution is 0.596. The van der Waals surface area contributed by atoms with E-state index in [1.54, 1.807) is 0 Å². The van der Waals surface area contributed by atoms with Crippen molar-refractivity contribution in [2.75, 3.05) is 11.5 Å². The number of hydrogen-bond donors (Lipinski definition) is 2. The number of anilines is 2. The number of benzene rings is 4. The number of nitrogen functional groups attached to an aromatic ring is 2. The van der Waals surface area contributed by atoms with E-state index in [9.17, 15) is 0 Å². The van der Waals surface area contributed by atoms with Crippen molar-refractivity contribution in [3.63, 3.8) is 0 Å². The molecule has 216 valence electrons. The quantitative estimate of drug-likeness (QED) is 0.108. The van der Waals surface area contributed by atoms with Crippen LogP contribution in [0, 0.1) is 0 Å². The molecule has 0 saturated heterocycles. The van der Waals surface area contributed by atoms with Gasteiger partial charge in [0.2, 0.25) is 0 Å². The van der Waals surface area contributed by atoms with Crippen molar-refractivity contribution in [1.29, 1.82) is 0 Å². The summed E-state index contributed by atoms with van der Waals surface area (Å²) in [6.45, 7) is 4.55. The Balaban J connectivity index is 1.45. The van der Waals surface area contributed by atoms with Crippen LogP contribution >= 0.6 is 0 Å². The average Bonchev–Trinajstić information content (AvgIpc) is 3.00. The van der Waals surface area contributed by atoms with Crippen LogP contribution in [0.3, 0.4) is 0 Å². The van der Waals surface area contributed by atoms with Crippen LogP contribution in [-0.2, 0) is 6.42 Å². The number of unbranched alkanes of at least 4 members (excludes halogenated alkanes) is 6. The van der Waals surface area contributed by atoms with Gasteiger partial charge in [-0.25, -0.2) is 0 Å². The summed E-state index contributed by atoms with van der Waals surface area (Å²) in [5, 5.41) is 0. The maximum atomic E-state index is 5.99. The van der Waals surface area contributed by atoms with Gasteiger partial charge in [0.05, 0.1) is 0 Å². The molecule has 0 heterocycles. The second kappa shape index (κ2) is 16.1. The lowest BCUT2D eigenvalue weighted by Crippen LogP contribution is -2.03. The molecule has 0 spiro atoms. The van der Waals surface area contributed by atoms with Crippen molar-refractivity contribution < 1.29 is 0 Å². The van der Waals surface area contributed by atoms with Crippen molar-refractivity contribution in [3.8, 4) is 0 Å². The summed E-state index contributed by atoms with van der Waals surface area (Å²) in [6.07, 6.45) is 13.6. The zero-order chi connectivity index (χ0) is 28.9. The summed E-state index contributed by atoms with van der Waals surface area (Å²) < 4.78 is 0. The Morgan fingerprint density at radius 1 is 0.415 bits per heavy atom. The largest absolute Gasteiger partial charge is 0.399 e. The second-order valence-electron chi connectivity index (χ2n) is 11.8. The van der Waals surface area contributed by atoms with E-state index in [1.807, 2.05) is 24.3 Å². The van der Waals surface area contributed by atoms with Crippen molar-refractivity contribution >= 4 is 11.4 Å². The molecule has 4 N–H and O–H groups in total. The van der Waals surface area contributed by atoms with Crippen LogP contribution < -0.4 is 11.5 Å². The molecule has 0 aliphatic carbocycles. The van der Waals surface area contributed by atoms with Gasteiger partial charge >= 0.3 is 0 Å². The molecule has 0 amide bonds.